The molecule has 1 N–H and O–H groups in total. The number of nitrogens with zero attached hydrogens (tertiary/aromatic N) is 2. The molecule has 1 saturated carbocycles. The van der Waals surface area contributed by atoms with Gasteiger partial charge in [0.2, 0.25) is 5.91 Å². The molecule has 1 aliphatic heterocycles. The van der Waals surface area contributed by atoms with Crippen molar-refractivity contribution in [1.29, 1.82) is 0 Å². The molecule has 2 aromatic rings. The highest BCUT2D eigenvalue weighted by molar-refractivity contribution is 5.79. The Balaban J connectivity index is 1.53. The van der Waals surface area contributed by atoms with Crippen LogP contribution in [0.4, 0.5) is 4.39 Å². The van der Waals surface area contributed by atoms with Crippen LogP contribution in [-0.4, -0.2) is 55.0 Å². The average molecular weight is 452 g/mol. The maximum Gasteiger partial charge on any atom is 0.223 e. The van der Waals surface area contributed by atoms with E-state index in [1.165, 1.54) is 30.5 Å². The number of rotatable bonds is 9. The molecule has 1 amide bonds. The van der Waals surface area contributed by atoms with Crippen molar-refractivity contribution in [2.24, 2.45) is 5.92 Å². The van der Waals surface area contributed by atoms with Gasteiger partial charge in [0.25, 0.3) is 0 Å². The van der Waals surface area contributed by atoms with Gasteiger partial charge in [-0.1, -0.05) is 42.5 Å². The maximum absolute atomic E-state index is 13.4. The lowest BCUT2D eigenvalue weighted by molar-refractivity contribution is -0.143. The highest BCUT2D eigenvalue weighted by atomic mass is 19.1. The quantitative estimate of drug-likeness (QED) is 0.556. The summed E-state index contributed by atoms with van der Waals surface area (Å²) in [4.78, 5) is 17.7. The number of halogens is 1. The van der Waals surface area contributed by atoms with Gasteiger partial charge in [-0.25, -0.2) is 4.39 Å². The predicted molar refractivity (Wildman–Crippen MR) is 131 cm³/mol. The molecule has 0 aromatic heterocycles. The lowest BCUT2D eigenvalue weighted by Gasteiger charge is -2.51. The minimum Gasteiger partial charge on any atom is -0.335 e. The fourth-order valence-electron chi connectivity index (χ4n) is 5.85. The van der Waals surface area contributed by atoms with Crippen molar-refractivity contribution < 1.29 is 9.18 Å². The molecule has 1 heterocycles. The van der Waals surface area contributed by atoms with Crippen LogP contribution < -0.4 is 5.32 Å². The molecule has 2 aliphatic rings. The summed E-state index contributed by atoms with van der Waals surface area (Å²) in [5.74, 6) is 0.629. The fraction of sp³-hybridized carbons (Fsp3) is 0.536. The van der Waals surface area contributed by atoms with E-state index in [9.17, 15) is 9.18 Å². The summed E-state index contributed by atoms with van der Waals surface area (Å²) in [5, 5.41) is 3.89. The van der Waals surface area contributed by atoms with E-state index in [0.29, 0.717) is 24.9 Å². The molecule has 4 atom stereocenters. The summed E-state index contributed by atoms with van der Waals surface area (Å²) in [6, 6.07) is 17.8. The Hall–Kier alpha value is -2.24. The van der Waals surface area contributed by atoms with Gasteiger partial charge in [-0.3, -0.25) is 4.79 Å². The number of fused-ring (bicyclic) bond motifs is 1. The minimum absolute atomic E-state index is 0.217. The van der Waals surface area contributed by atoms with Crippen molar-refractivity contribution in [2.75, 3.05) is 27.2 Å². The van der Waals surface area contributed by atoms with Crippen molar-refractivity contribution in [2.45, 2.75) is 63.1 Å². The van der Waals surface area contributed by atoms with Gasteiger partial charge in [-0.05, 0) is 88.5 Å². The third kappa shape index (κ3) is 6.01. The van der Waals surface area contributed by atoms with E-state index in [0.717, 1.165) is 37.9 Å². The third-order valence-electron chi connectivity index (χ3n) is 7.44. The standard InChI is InChI=1S/C28H38FN3O/c1-31(2)18-7-6-17-30-25-11-8-12-26-28(25)24(22-9-4-3-5-10-22)19-27(33)32(26)20-21-13-15-23(29)16-14-21/h3-5,9-10,13-16,24-26,28,30H,6-8,11-12,17-20H2,1-2H3/t24-,25+,26-,28+/m1/s1. The van der Waals surface area contributed by atoms with E-state index in [-0.39, 0.29) is 23.7 Å². The number of benzene rings is 2. The summed E-state index contributed by atoms with van der Waals surface area (Å²) in [6.07, 6.45) is 6.24. The SMILES string of the molecule is CN(C)CCCCN[C@H]1CCC[C@@H]2[C@H]1[C@@H](c1ccccc1)CC(=O)N2Cc1ccc(F)cc1. The van der Waals surface area contributed by atoms with Gasteiger partial charge in [0.1, 0.15) is 5.82 Å². The number of unbranched alkanes of at least 4 members (excludes halogenated alkanes) is 1. The highest BCUT2D eigenvalue weighted by Gasteiger charge is 2.47. The molecule has 2 aromatic carbocycles. The van der Waals surface area contributed by atoms with Crippen LogP contribution in [0.3, 0.4) is 0 Å². The molecule has 5 heteroatoms. The molecule has 178 valence electrons. The van der Waals surface area contributed by atoms with E-state index >= 15 is 0 Å². The Bertz CT molecular complexity index is 886. The molecule has 33 heavy (non-hydrogen) atoms. The van der Waals surface area contributed by atoms with Gasteiger partial charge >= 0.3 is 0 Å². The van der Waals surface area contributed by atoms with Crippen molar-refractivity contribution in [3.63, 3.8) is 0 Å². The first-order valence-corrected chi connectivity index (χ1v) is 12.5. The zero-order chi connectivity index (χ0) is 23.2. The van der Waals surface area contributed by atoms with Gasteiger partial charge in [0.15, 0.2) is 0 Å². The second kappa shape index (κ2) is 11.3. The number of piperidine rings is 1. The topological polar surface area (TPSA) is 35.6 Å². The van der Waals surface area contributed by atoms with Crippen molar-refractivity contribution in [3.05, 3.63) is 71.5 Å². The fourth-order valence-corrected chi connectivity index (χ4v) is 5.85. The summed E-state index contributed by atoms with van der Waals surface area (Å²) < 4.78 is 13.4. The number of hydrogen-bond donors (Lipinski definition) is 1. The first-order chi connectivity index (χ1) is 16.0. The largest absolute Gasteiger partial charge is 0.335 e. The minimum atomic E-state index is -0.234. The van der Waals surface area contributed by atoms with Crippen LogP contribution in [0.5, 0.6) is 0 Å². The number of carbonyl (C=O) groups is 1. The number of nitrogens with one attached hydrogen (secondary N) is 1. The molecule has 0 bridgehead atoms. The first kappa shape index (κ1) is 23.9. The zero-order valence-corrected chi connectivity index (χ0v) is 20.1. The first-order valence-electron chi connectivity index (χ1n) is 12.5. The van der Waals surface area contributed by atoms with E-state index in [4.69, 9.17) is 0 Å². The van der Waals surface area contributed by atoms with E-state index < -0.39 is 0 Å². The number of carbonyl (C=O) groups excluding carboxylic acids is 1. The molecule has 4 rings (SSSR count). The molecule has 0 unspecified atom stereocenters. The monoisotopic (exact) mass is 451 g/mol. The van der Waals surface area contributed by atoms with E-state index in [1.807, 2.05) is 18.2 Å². The highest BCUT2D eigenvalue weighted by Crippen LogP contribution is 2.45. The molecule has 0 radical (unpaired) electrons. The molecule has 1 saturated heterocycles. The number of hydrogen-bond acceptors (Lipinski definition) is 3. The second-order valence-corrected chi connectivity index (χ2v) is 10.0. The summed E-state index contributed by atoms with van der Waals surface area (Å²) in [5.41, 5.74) is 2.28. The van der Waals surface area contributed by atoms with Crippen LogP contribution in [0, 0.1) is 11.7 Å². The van der Waals surface area contributed by atoms with E-state index in [2.05, 4.69) is 53.5 Å². The Morgan fingerprint density at radius 1 is 1.03 bits per heavy atom. The van der Waals surface area contributed by atoms with Crippen LogP contribution in [0.1, 0.15) is 55.6 Å². The average Bonchev–Trinajstić information content (AvgIpc) is 2.82. The Morgan fingerprint density at radius 2 is 1.79 bits per heavy atom. The third-order valence-corrected chi connectivity index (χ3v) is 7.44. The molecule has 0 spiro atoms. The van der Waals surface area contributed by atoms with E-state index in [1.54, 1.807) is 0 Å². The van der Waals surface area contributed by atoms with Crippen molar-refractivity contribution in [1.82, 2.24) is 15.1 Å². The summed E-state index contributed by atoms with van der Waals surface area (Å²) in [7, 11) is 4.25. The lowest BCUT2D eigenvalue weighted by Crippen LogP contribution is -2.59. The Morgan fingerprint density at radius 3 is 2.52 bits per heavy atom. The van der Waals surface area contributed by atoms with Crippen LogP contribution >= 0.6 is 0 Å². The molecule has 4 nitrogen and oxygen atoms in total. The van der Waals surface area contributed by atoms with Crippen molar-refractivity contribution >= 4 is 5.91 Å². The number of amides is 1. The predicted octanol–water partition coefficient (Wildman–Crippen LogP) is 4.81. The Labute approximate surface area is 198 Å². The van der Waals surface area contributed by atoms with Gasteiger partial charge < -0.3 is 15.1 Å². The van der Waals surface area contributed by atoms with Crippen molar-refractivity contribution in [3.8, 4) is 0 Å². The molecule has 1 aliphatic carbocycles. The van der Waals surface area contributed by atoms with Gasteiger partial charge in [0, 0.05) is 31.0 Å². The molecular weight excluding hydrogens is 413 g/mol. The van der Waals surface area contributed by atoms with Crippen LogP contribution in [-0.2, 0) is 11.3 Å². The number of likely N-dealkylation sites (tertiary alicyclic amines) is 1. The lowest BCUT2D eigenvalue weighted by atomic mass is 9.66. The van der Waals surface area contributed by atoms with Crippen LogP contribution in [0.2, 0.25) is 0 Å². The van der Waals surface area contributed by atoms with Crippen LogP contribution in [0.25, 0.3) is 0 Å². The van der Waals surface area contributed by atoms with Gasteiger partial charge in [-0.15, -0.1) is 0 Å². The zero-order valence-electron chi connectivity index (χ0n) is 20.1. The summed E-state index contributed by atoms with van der Waals surface area (Å²) >= 11 is 0. The summed E-state index contributed by atoms with van der Waals surface area (Å²) in [6.45, 7) is 2.71. The van der Waals surface area contributed by atoms with Crippen LogP contribution in [0.15, 0.2) is 54.6 Å². The molecule has 2 fully saturated rings. The van der Waals surface area contributed by atoms with Gasteiger partial charge in [-0.2, -0.15) is 0 Å². The Kier molecular flexibility index (Phi) is 8.15. The molecular formula is C28H38FN3O. The van der Waals surface area contributed by atoms with Gasteiger partial charge in [0.05, 0.1) is 0 Å². The normalized spacial score (nSPS) is 25.3. The smallest absolute Gasteiger partial charge is 0.223 e. The second-order valence-electron chi connectivity index (χ2n) is 10.0. The maximum atomic E-state index is 13.4.